The van der Waals surface area contributed by atoms with Gasteiger partial charge in [0, 0.05) is 22.3 Å². The van der Waals surface area contributed by atoms with Gasteiger partial charge in [-0.25, -0.2) is 9.18 Å². The number of ether oxygens (including phenoxy) is 3. The van der Waals surface area contributed by atoms with Crippen LogP contribution in [0.3, 0.4) is 0 Å². The Morgan fingerprint density at radius 3 is 2.36 bits per heavy atom. The summed E-state index contributed by atoms with van der Waals surface area (Å²) >= 11 is 0. The van der Waals surface area contributed by atoms with Crippen LogP contribution in [-0.2, 0) is 6.61 Å². The Balaban J connectivity index is 1.96. The van der Waals surface area contributed by atoms with Crippen LogP contribution in [0.15, 0.2) is 48.5 Å². The minimum Gasteiger partial charge on any atom is -0.493 e. The molecule has 142 valence electrons. The van der Waals surface area contributed by atoms with E-state index in [4.69, 9.17) is 14.2 Å². The lowest BCUT2D eigenvalue weighted by Gasteiger charge is -2.24. The fourth-order valence-electron chi connectivity index (χ4n) is 3.44. The first-order valence-electron chi connectivity index (χ1n) is 8.57. The number of carboxylic acids is 1. The number of methoxy groups -OCH3 is 2. The fourth-order valence-corrected chi connectivity index (χ4v) is 3.44. The van der Waals surface area contributed by atoms with Crippen LogP contribution < -0.4 is 14.2 Å². The maximum absolute atomic E-state index is 14.3. The molecule has 6 heteroatoms. The molecule has 0 spiro atoms. The number of carboxylic acid groups (broad SMARTS) is 1. The number of hydrogen-bond acceptors (Lipinski definition) is 4. The average Bonchev–Trinajstić information content (AvgIpc) is 2.71. The molecule has 0 atom stereocenters. The third kappa shape index (κ3) is 2.83. The number of halogens is 1. The molecule has 1 heterocycles. The Hall–Kier alpha value is -3.54. The van der Waals surface area contributed by atoms with Crippen molar-refractivity contribution in [1.29, 1.82) is 0 Å². The van der Waals surface area contributed by atoms with E-state index in [1.807, 2.05) is 6.07 Å². The van der Waals surface area contributed by atoms with E-state index < -0.39 is 11.8 Å². The molecule has 0 radical (unpaired) electrons. The van der Waals surface area contributed by atoms with Crippen molar-refractivity contribution >= 4 is 5.97 Å². The van der Waals surface area contributed by atoms with Crippen molar-refractivity contribution < 1.29 is 28.5 Å². The molecule has 0 saturated carbocycles. The number of fused-ring (bicyclic) bond motifs is 3. The van der Waals surface area contributed by atoms with Crippen LogP contribution in [-0.4, -0.2) is 25.3 Å². The lowest BCUT2D eigenvalue weighted by atomic mass is 9.90. The van der Waals surface area contributed by atoms with Gasteiger partial charge in [0.05, 0.1) is 19.8 Å². The second-order valence-electron chi connectivity index (χ2n) is 6.33. The molecular weight excluding hydrogens is 363 g/mol. The highest BCUT2D eigenvalue weighted by Gasteiger charge is 2.25. The molecule has 0 bridgehead atoms. The van der Waals surface area contributed by atoms with Gasteiger partial charge in [0.15, 0.2) is 11.5 Å². The summed E-state index contributed by atoms with van der Waals surface area (Å²) in [5.74, 6) is -0.0527. The minimum atomic E-state index is -1.14. The van der Waals surface area contributed by atoms with Gasteiger partial charge in [-0.2, -0.15) is 0 Å². The molecule has 28 heavy (non-hydrogen) atoms. The van der Waals surface area contributed by atoms with Crippen LogP contribution in [0.5, 0.6) is 17.2 Å². The molecule has 0 aliphatic carbocycles. The normalized spacial score (nSPS) is 11.8. The smallest absolute Gasteiger partial charge is 0.336 e. The van der Waals surface area contributed by atoms with Crippen LogP contribution in [0.1, 0.15) is 15.9 Å². The predicted octanol–water partition coefficient (Wildman–Crippen LogP) is 4.77. The summed E-state index contributed by atoms with van der Waals surface area (Å²) in [5, 5.41) is 9.74. The van der Waals surface area contributed by atoms with E-state index in [1.54, 1.807) is 37.4 Å². The summed E-state index contributed by atoms with van der Waals surface area (Å²) in [6, 6.07) is 12.8. The number of benzene rings is 3. The zero-order valence-corrected chi connectivity index (χ0v) is 15.3. The number of rotatable bonds is 4. The highest BCUT2D eigenvalue weighted by Crippen LogP contribution is 2.45. The van der Waals surface area contributed by atoms with Crippen molar-refractivity contribution in [1.82, 2.24) is 0 Å². The molecule has 1 N–H and O–H groups in total. The fraction of sp³-hybridized carbons (Fsp3) is 0.136. The van der Waals surface area contributed by atoms with Crippen molar-refractivity contribution in [2.75, 3.05) is 14.2 Å². The van der Waals surface area contributed by atoms with E-state index in [-0.39, 0.29) is 23.3 Å². The van der Waals surface area contributed by atoms with Crippen molar-refractivity contribution in [3.05, 3.63) is 65.5 Å². The zero-order chi connectivity index (χ0) is 19.8. The van der Waals surface area contributed by atoms with E-state index >= 15 is 0 Å². The minimum absolute atomic E-state index is 0.00455. The summed E-state index contributed by atoms with van der Waals surface area (Å²) in [6.45, 7) is 0.284. The zero-order valence-electron chi connectivity index (χ0n) is 15.3. The molecule has 0 fully saturated rings. The second-order valence-corrected chi connectivity index (χ2v) is 6.33. The first-order valence-corrected chi connectivity index (χ1v) is 8.57. The number of hydrogen-bond donors (Lipinski definition) is 1. The van der Waals surface area contributed by atoms with Gasteiger partial charge in [0.2, 0.25) is 0 Å². The van der Waals surface area contributed by atoms with Gasteiger partial charge in [-0.15, -0.1) is 0 Å². The molecule has 0 saturated heterocycles. The number of aromatic carboxylic acids is 1. The molecule has 0 amide bonds. The van der Waals surface area contributed by atoms with E-state index in [9.17, 15) is 14.3 Å². The third-order valence-corrected chi connectivity index (χ3v) is 4.80. The van der Waals surface area contributed by atoms with Crippen molar-refractivity contribution in [3.63, 3.8) is 0 Å². The Morgan fingerprint density at radius 1 is 0.964 bits per heavy atom. The molecular formula is C22H17FO5. The quantitative estimate of drug-likeness (QED) is 0.706. The van der Waals surface area contributed by atoms with Crippen molar-refractivity contribution in [3.8, 4) is 39.5 Å². The first-order chi connectivity index (χ1) is 13.5. The van der Waals surface area contributed by atoms with E-state index in [1.165, 1.54) is 19.2 Å². The molecule has 1 aliphatic heterocycles. The summed E-state index contributed by atoms with van der Waals surface area (Å²) in [7, 11) is 3.08. The van der Waals surface area contributed by atoms with E-state index in [0.29, 0.717) is 22.8 Å². The first kappa shape index (κ1) is 17.9. The lowest BCUT2D eigenvalue weighted by Crippen LogP contribution is -2.09. The van der Waals surface area contributed by atoms with Crippen LogP contribution >= 0.6 is 0 Å². The van der Waals surface area contributed by atoms with Gasteiger partial charge in [0.25, 0.3) is 0 Å². The molecule has 1 aliphatic rings. The molecule has 4 rings (SSSR count). The van der Waals surface area contributed by atoms with Gasteiger partial charge in [-0.1, -0.05) is 18.2 Å². The van der Waals surface area contributed by atoms with Crippen molar-refractivity contribution in [2.45, 2.75) is 6.61 Å². The highest BCUT2D eigenvalue weighted by molar-refractivity contribution is 5.99. The second kappa shape index (κ2) is 6.88. The average molecular weight is 380 g/mol. The summed E-state index contributed by atoms with van der Waals surface area (Å²) in [4.78, 5) is 11.9. The molecule has 5 nitrogen and oxygen atoms in total. The Labute approximate surface area is 160 Å². The highest BCUT2D eigenvalue weighted by atomic mass is 19.1. The Bertz CT molecular complexity index is 1090. The van der Waals surface area contributed by atoms with Crippen molar-refractivity contribution in [2.24, 2.45) is 0 Å². The van der Waals surface area contributed by atoms with Gasteiger partial charge >= 0.3 is 5.97 Å². The third-order valence-electron chi connectivity index (χ3n) is 4.80. The largest absolute Gasteiger partial charge is 0.493 e. The van der Waals surface area contributed by atoms with Crippen LogP contribution in [0.25, 0.3) is 22.3 Å². The monoisotopic (exact) mass is 380 g/mol. The van der Waals surface area contributed by atoms with Gasteiger partial charge in [0.1, 0.15) is 18.2 Å². The number of carbonyl (C=O) groups is 1. The lowest BCUT2D eigenvalue weighted by molar-refractivity contribution is 0.0697. The van der Waals surface area contributed by atoms with Gasteiger partial charge in [-0.05, 0) is 35.9 Å². The SMILES string of the molecule is COc1cc2c(cc1OC)-c1cc(C(=O)O)c(-c3ccccc3F)cc1OC2. The molecule has 3 aromatic rings. The van der Waals surface area contributed by atoms with E-state index in [0.717, 1.165) is 11.1 Å². The van der Waals surface area contributed by atoms with Gasteiger partial charge in [-0.3, -0.25) is 0 Å². The van der Waals surface area contributed by atoms with Crippen LogP contribution in [0.2, 0.25) is 0 Å². The molecule has 3 aromatic carbocycles. The summed E-state index contributed by atoms with van der Waals surface area (Å²) in [6.07, 6.45) is 0. The maximum Gasteiger partial charge on any atom is 0.336 e. The standard InChI is InChI=1S/C22H17FO5/c1-26-20-7-12-11-28-19-10-15(13-5-3-4-6-18(13)23)17(22(24)25)8-16(19)14(12)9-21(20)27-2/h3-10H,11H2,1-2H3,(H,24,25). The van der Waals surface area contributed by atoms with Crippen LogP contribution in [0, 0.1) is 5.82 Å². The molecule has 0 aromatic heterocycles. The Kier molecular flexibility index (Phi) is 4.39. The topological polar surface area (TPSA) is 65.0 Å². The summed E-state index contributed by atoms with van der Waals surface area (Å²) in [5.41, 5.74) is 2.73. The van der Waals surface area contributed by atoms with Gasteiger partial charge < -0.3 is 19.3 Å². The summed E-state index contributed by atoms with van der Waals surface area (Å²) < 4.78 is 30.9. The maximum atomic E-state index is 14.3. The van der Waals surface area contributed by atoms with E-state index in [2.05, 4.69) is 0 Å². The molecule has 0 unspecified atom stereocenters. The van der Waals surface area contributed by atoms with Crippen LogP contribution in [0.4, 0.5) is 4.39 Å². The predicted molar refractivity (Wildman–Crippen MR) is 102 cm³/mol. The Morgan fingerprint density at radius 2 is 1.68 bits per heavy atom.